The molecular weight excluding hydrogens is 223 g/mol. The first-order valence-electron chi connectivity index (χ1n) is 4.07. The predicted octanol–water partition coefficient (Wildman–Crippen LogP) is 2.46. The van der Waals surface area contributed by atoms with Crippen molar-refractivity contribution < 1.29 is 0 Å². The summed E-state index contributed by atoms with van der Waals surface area (Å²) in [5.74, 6) is 0. The number of nitrogens with zero attached hydrogens (tertiary/aromatic N) is 2. The van der Waals surface area contributed by atoms with Gasteiger partial charge in [-0.2, -0.15) is 5.26 Å². The van der Waals surface area contributed by atoms with Gasteiger partial charge in [-0.1, -0.05) is 23.2 Å². The molecule has 1 aromatic heterocycles. The van der Waals surface area contributed by atoms with E-state index in [9.17, 15) is 4.79 Å². The fraction of sp³-hybridized carbons (Fsp3) is 0.333. The quantitative estimate of drug-likeness (QED) is 0.750. The van der Waals surface area contributed by atoms with Crippen molar-refractivity contribution in [2.45, 2.75) is 19.4 Å². The molecule has 0 unspecified atom stereocenters. The van der Waals surface area contributed by atoms with Gasteiger partial charge in [0, 0.05) is 19.2 Å². The normalized spacial score (nSPS) is 9.79. The largest absolute Gasteiger partial charge is 0.313 e. The van der Waals surface area contributed by atoms with E-state index in [1.807, 2.05) is 6.07 Å². The van der Waals surface area contributed by atoms with Crippen LogP contribution < -0.4 is 5.56 Å². The Morgan fingerprint density at radius 2 is 2.21 bits per heavy atom. The molecule has 0 aliphatic rings. The van der Waals surface area contributed by atoms with Crippen LogP contribution in [0.5, 0.6) is 0 Å². The van der Waals surface area contributed by atoms with Crippen molar-refractivity contribution >= 4 is 23.2 Å². The lowest BCUT2D eigenvalue weighted by Gasteiger charge is -2.04. The molecule has 0 N–H and O–H groups in total. The van der Waals surface area contributed by atoms with Gasteiger partial charge >= 0.3 is 0 Å². The van der Waals surface area contributed by atoms with Gasteiger partial charge < -0.3 is 4.57 Å². The Morgan fingerprint density at radius 3 is 2.86 bits per heavy atom. The SMILES string of the molecule is N#CCCCn1cc(Cl)cc(Cl)c1=O. The molecule has 0 saturated heterocycles. The number of rotatable bonds is 3. The number of hydrogen-bond acceptors (Lipinski definition) is 2. The van der Waals surface area contributed by atoms with Gasteiger partial charge in [0.2, 0.25) is 0 Å². The molecule has 0 spiro atoms. The molecule has 0 fully saturated rings. The van der Waals surface area contributed by atoms with E-state index < -0.39 is 0 Å². The van der Waals surface area contributed by atoms with E-state index in [-0.39, 0.29) is 10.6 Å². The van der Waals surface area contributed by atoms with Crippen molar-refractivity contribution in [3.05, 3.63) is 32.7 Å². The van der Waals surface area contributed by atoms with Gasteiger partial charge in [-0.25, -0.2) is 0 Å². The van der Waals surface area contributed by atoms with Gasteiger partial charge in [0.05, 0.1) is 11.1 Å². The first-order valence-corrected chi connectivity index (χ1v) is 4.83. The van der Waals surface area contributed by atoms with E-state index >= 15 is 0 Å². The van der Waals surface area contributed by atoms with E-state index in [1.54, 1.807) is 0 Å². The molecule has 0 aliphatic heterocycles. The molecule has 0 saturated carbocycles. The monoisotopic (exact) mass is 230 g/mol. The minimum atomic E-state index is -0.269. The second-order valence-electron chi connectivity index (χ2n) is 2.77. The van der Waals surface area contributed by atoms with Crippen LogP contribution >= 0.6 is 23.2 Å². The summed E-state index contributed by atoms with van der Waals surface area (Å²) >= 11 is 11.4. The number of halogens is 2. The summed E-state index contributed by atoms with van der Waals surface area (Å²) in [5.41, 5.74) is -0.269. The lowest BCUT2D eigenvalue weighted by molar-refractivity contribution is 0.632. The van der Waals surface area contributed by atoms with E-state index in [2.05, 4.69) is 0 Å². The predicted molar refractivity (Wildman–Crippen MR) is 55.6 cm³/mol. The minimum Gasteiger partial charge on any atom is -0.313 e. The Labute approximate surface area is 91.5 Å². The Kier molecular flexibility index (Phi) is 3.99. The number of pyridine rings is 1. The van der Waals surface area contributed by atoms with E-state index in [4.69, 9.17) is 28.5 Å². The van der Waals surface area contributed by atoms with Crippen LogP contribution in [0.1, 0.15) is 12.8 Å². The summed E-state index contributed by atoms with van der Waals surface area (Å²) in [7, 11) is 0. The molecule has 0 radical (unpaired) electrons. The van der Waals surface area contributed by atoms with Crippen LogP contribution in [0.3, 0.4) is 0 Å². The maximum absolute atomic E-state index is 11.4. The van der Waals surface area contributed by atoms with Gasteiger partial charge in [-0.15, -0.1) is 0 Å². The number of aromatic nitrogens is 1. The van der Waals surface area contributed by atoms with Crippen LogP contribution in [0.4, 0.5) is 0 Å². The van der Waals surface area contributed by atoms with Crippen molar-refractivity contribution in [2.24, 2.45) is 0 Å². The Morgan fingerprint density at radius 1 is 1.50 bits per heavy atom. The Bertz CT molecular complexity index is 420. The minimum absolute atomic E-state index is 0.106. The third kappa shape index (κ3) is 2.76. The van der Waals surface area contributed by atoms with Crippen molar-refractivity contribution in [1.82, 2.24) is 4.57 Å². The highest BCUT2D eigenvalue weighted by atomic mass is 35.5. The number of aryl methyl sites for hydroxylation is 1. The van der Waals surface area contributed by atoms with Crippen LogP contribution in [0.25, 0.3) is 0 Å². The van der Waals surface area contributed by atoms with Crippen LogP contribution in [0.2, 0.25) is 10.0 Å². The molecule has 0 atom stereocenters. The third-order valence-corrected chi connectivity index (χ3v) is 2.17. The van der Waals surface area contributed by atoms with Crippen LogP contribution in [0.15, 0.2) is 17.1 Å². The Hall–Kier alpha value is -0.980. The summed E-state index contributed by atoms with van der Waals surface area (Å²) in [6.07, 6.45) is 2.55. The second kappa shape index (κ2) is 5.04. The zero-order chi connectivity index (χ0) is 10.6. The number of hydrogen-bond donors (Lipinski definition) is 0. The highest BCUT2D eigenvalue weighted by Crippen LogP contribution is 2.11. The fourth-order valence-electron chi connectivity index (χ4n) is 1.06. The lowest BCUT2D eigenvalue weighted by Crippen LogP contribution is -2.19. The molecule has 5 heteroatoms. The summed E-state index contributed by atoms with van der Waals surface area (Å²) in [6.45, 7) is 0.465. The lowest BCUT2D eigenvalue weighted by atomic mass is 10.3. The molecule has 1 heterocycles. The first kappa shape index (κ1) is 11.1. The maximum atomic E-state index is 11.4. The van der Waals surface area contributed by atoms with Crippen LogP contribution in [-0.4, -0.2) is 4.57 Å². The second-order valence-corrected chi connectivity index (χ2v) is 3.61. The van der Waals surface area contributed by atoms with Crippen LogP contribution in [0, 0.1) is 11.3 Å². The van der Waals surface area contributed by atoms with Crippen LogP contribution in [-0.2, 0) is 6.54 Å². The fourth-order valence-corrected chi connectivity index (χ4v) is 1.57. The van der Waals surface area contributed by atoms with Crippen molar-refractivity contribution in [3.8, 4) is 6.07 Å². The Balaban J connectivity index is 2.87. The molecule has 1 rings (SSSR count). The molecule has 14 heavy (non-hydrogen) atoms. The number of unbranched alkanes of at least 4 members (excludes halogenated alkanes) is 1. The summed E-state index contributed by atoms with van der Waals surface area (Å²) in [6, 6.07) is 3.41. The molecule has 74 valence electrons. The van der Waals surface area contributed by atoms with E-state index in [0.717, 1.165) is 0 Å². The van der Waals surface area contributed by atoms with Gasteiger partial charge in [-0.05, 0) is 12.5 Å². The van der Waals surface area contributed by atoms with Gasteiger partial charge in [0.15, 0.2) is 0 Å². The molecule has 3 nitrogen and oxygen atoms in total. The molecular formula is C9H8Cl2N2O. The van der Waals surface area contributed by atoms with Crippen molar-refractivity contribution in [2.75, 3.05) is 0 Å². The molecule has 1 aromatic rings. The van der Waals surface area contributed by atoms with Gasteiger partial charge in [0.1, 0.15) is 5.02 Å². The molecule has 0 bridgehead atoms. The maximum Gasteiger partial charge on any atom is 0.269 e. The summed E-state index contributed by atoms with van der Waals surface area (Å²) in [4.78, 5) is 11.4. The smallest absolute Gasteiger partial charge is 0.269 e. The summed E-state index contributed by atoms with van der Waals surface area (Å²) < 4.78 is 1.42. The van der Waals surface area contributed by atoms with Crippen molar-refractivity contribution in [1.29, 1.82) is 5.26 Å². The van der Waals surface area contributed by atoms with E-state index in [1.165, 1.54) is 16.8 Å². The molecule has 0 aliphatic carbocycles. The zero-order valence-electron chi connectivity index (χ0n) is 7.33. The average molecular weight is 231 g/mol. The third-order valence-electron chi connectivity index (χ3n) is 1.70. The topological polar surface area (TPSA) is 45.8 Å². The first-order chi connectivity index (χ1) is 6.65. The van der Waals surface area contributed by atoms with E-state index in [0.29, 0.717) is 24.4 Å². The summed E-state index contributed by atoms with van der Waals surface area (Å²) in [5, 5.41) is 8.86. The molecule has 0 aromatic carbocycles. The highest BCUT2D eigenvalue weighted by Gasteiger charge is 2.02. The van der Waals surface area contributed by atoms with Crippen molar-refractivity contribution in [3.63, 3.8) is 0 Å². The highest BCUT2D eigenvalue weighted by molar-refractivity contribution is 6.34. The average Bonchev–Trinajstić information content (AvgIpc) is 2.13. The number of nitriles is 1. The van der Waals surface area contributed by atoms with Gasteiger partial charge in [-0.3, -0.25) is 4.79 Å². The van der Waals surface area contributed by atoms with Gasteiger partial charge in [0.25, 0.3) is 5.56 Å². The standard InChI is InChI=1S/C9H8Cl2N2O/c10-7-5-8(11)9(14)13(6-7)4-2-1-3-12/h5-6H,1-2,4H2. The zero-order valence-corrected chi connectivity index (χ0v) is 8.85. The molecule has 0 amide bonds.